The molecule has 0 radical (unpaired) electrons. The summed E-state index contributed by atoms with van der Waals surface area (Å²) in [5.41, 5.74) is 0.479. The van der Waals surface area contributed by atoms with E-state index in [0.29, 0.717) is 12.1 Å². The van der Waals surface area contributed by atoms with Crippen molar-refractivity contribution in [1.29, 1.82) is 0 Å². The van der Waals surface area contributed by atoms with Crippen molar-refractivity contribution < 1.29 is 18.7 Å². The number of hydrogen-bond acceptors (Lipinski definition) is 4. The minimum atomic E-state index is -0.170. The van der Waals surface area contributed by atoms with Crippen LogP contribution in [0.4, 0.5) is 0 Å². The summed E-state index contributed by atoms with van der Waals surface area (Å²) in [5, 5.41) is 0. The van der Waals surface area contributed by atoms with Gasteiger partial charge in [0, 0.05) is 26.2 Å². The third kappa shape index (κ3) is 3.50. The summed E-state index contributed by atoms with van der Waals surface area (Å²) < 4.78 is 10.6. The highest BCUT2D eigenvalue weighted by Crippen LogP contribution is 2.16. The number of carbonyl (C=O) groups excluding carboxylic acids is 2. The van der Waals surface area contributed by atoms with Crippen molar-refractivity contribution in [1.82, 2.24) is 9.80 Å². The number of likely N-dealkylation sites (tertiary alicyclic amines) is 1. The lowest BCUT2D eigenvalue weighted by Crippen LogP contribution is -2.44. The Morgan fingerprint density at radius 3 is 2.73 bits per heavy atom. The minimum absolute atomic E-state index is 0.0207. The topological polar surface area (TPSA) is 63.0 Å². The molecule has 6 heteroatoms. The van der Waals surface area contributed by atoms with Gasteiger partial charge in [-0.1, -0.05) is 0 Å². The van der Waals surface area contributed by atoms with Crippen LogP contribution in [0, 0.1) is 0 Å². The lowest BCUT2D eigenvalue weighted by atomic mass is 10.2. The van der Waals surface area contributed by atoms with Gasteiger partial charge in [-0.3, -0.25) is 9.59 Å². The Balaban J connectivity index is 1.67. The van der Waals surface area contributed by atoms with Gasteiger partial charge in [0.15, 0.2) is 0 Å². The molecule has 6 nitrogen and oxygen atoms in total. The van der Waals surface area contributed by atoms with Crippen LogP contribution in [0.15, 0.2) is 23.0 Å². The smallest absolute Gasteiger partial charge is 0.257 e. The molecule has 2 aliphatic rings. The van der Waals surface area contributed by atoms with E-state index in [0.717, 1.165) is 45.4 Å². The number of furan rings is 1. The molecule has 2 saturated heterocycles. The maximum Gasteiger partial charge on any atom is 0.257 e. The zero-order valence-electron chi connectivity index (χ0n) is 12.7. The Morgan fingerprint density at radius 1 is 1.27 bits per heavy atom. The number of hydrogen-bond donors (Lipinski definition) is 0. The molecule has 0 saturated carbocycles. The van der Waals surface area contributed by atoms with Gasteiger partial charge >= 0.3 is 0 Å². The fourth-order valence-electron chi connectivity index (χ4n) is 3.05. The van der Waals surface area contributed by atoms with Crippen molar-refractivity contribution in [2.45, 2.75) is 31.8 Å². The predicted octanol–water partition coefficient (Wildman–Crippen LogP) is 1.52. The highest BCUT2D eigenvalue weighted by atomic mass is 16.5. The average Bonchev–Trinajstić information content (AvgIpc) is 3.26. The minimum Gasteiger partial charge on any atom is -0.472 e. The van der Waals surface area contributed by atoms with Gasteiger partial charge < -0.3 is 19.0 Å². The van der Waals surface area contributed by atoms with Gasteiger partial charge in [-0.2, -0.15) is 0 Å². The summed E-state index contributed by atoms with van der Waals surface area (Å²) in [4.78, 5) is 28.4. The van der Waals surface area contributed by atoms with E-state index in [1.165, 1.54) is 12.5 Å². The van der Waals surface area contributed by atoms with Gasteiger partial charge in [-0.05, 0) is 31.7 Å². The monoisotopic (exact) mass is 306 g/mol. The maximum absolute atomic E-state index is 12.6. The summed E-state index contributed by atoms with van der Waals surface area (Å²) >= 11 is 0. The highest BCUT2D eigenvalue weighted by Gasteiger charge is 2.28. The van der Waals surface area contributed by atoms with Crippen molar-refractivity contribution in [3.05, 3.63) is 24.2 Å². The molecule has 2 fully saturated rings. The zero-order chi connectivity index (χ0) is 15.4. The summed E-state index contributed by atoms with van der Waals surface area (Å²) in [5.74, 6) is -0.149. The third-order valence-corrected chi connectivity index (χ3v) is 4.29. The van der Waals surface area contributed by atoms with Gasteiger partial charge in [0.25, 0.3) is 5.91 Å². The number of nitrogens with zero attached hydrogens (tertiary/aromatic N) is 2. The first-order valence-corrected chi connectivity index (χ1v) is 7.95. The predicted molar refractivity (Wildman–Crippen MR) is 79.4 cm³/mol. The van der Waals surface area contributed by atoms with E-state index in [1.807, 2.05) is 4.90 Å². The van der Waals surface area contributed by atoms with Crippen LogP contribution in [0.1, 0.15) is 36.0 Å². The van der Waals surface area contributed by atoms with E-state index < -0.39 is 0 Å². The molecule has 1 atom stereocenters. The van der Waals surface area contributed by atoms with Crippen LogP contribution in [-0.4, -0.2) is 60.5 Å². The molecule has 0 spiro atoms. The number of rotatable bonds is 5. The highest BCUT2D eigenvalue weighted by molar-refractivity contribution is 5.96. The first-order chi connectivity index (χ1) is 10.7. The van der Waals surface area contributed by atoms with Gasteiger partial charge in [0.05, 0.1) is 17.9 Å². The van der Waals surface area contributed by atoms with Crippen molar-refractivity contribution in [2.75, 3.05) is 32.8 Å². The van der Waals surface area contributed by atoms with Crippen molar-refractivity contribution in [2.24, 2.45) is 0 Å². The Hall–Kier alpha value is -1.82. The third-order valence-electron chi connectivity index (χ3n) is 4.29. The van der Waals surface area contributed by atoms with Gasteiger partial charge in [-0.25, -0.2) is 0 Å². The largest absolute Gasteiger partial charge is 0.472 e. The Kier molecular flexibility index (Phi) is 4.77. The first kappa shape index (κ1) is 15.1. The van der Waals surface area contributed by atoms with Crippen molar-refractivity contribution in [3.8, 4) is 0 Å². The number of amides is 2. The summed E-state index contributed by atoms with van der Waals surface area (Å²) in [6.45, 7) is 2.91. The summed E-state index contributed by atoms with van der Waals surface area (Å²) in [7, 11) is 0. The van der Waals surface area contributed by atoms with Crippen LogP contribution in [0.2, 0.25) is 0 Å². The molecule has 1 aromatic heterocycles. The lowest BCUT2D eigenvalue weighted by Gasteiger charge is -2.26. The molecule has 0 unspecified atom stereocenters. The van der Waals surface area contributed by atoms with Crippen LogP contribution in [0.3, 0.4) is 0 Å². The lowest BCUT2D eigenvalue weighted by molar-refractivity contribution is -0.131. The molecule has 2 aliphatic heterocycles. The maximum atomic E-state index is 12.6. The fraction of sp³-hybridized carbons (Fsp3) is 0.625. The van der Waals surface area contributed by atoms with E-state index in [1.54, 1.807) is 11.0 Å². The van der Waals surface area contributed by atoms with Gasteiger partial charge in [0.2, 0.25) is 5.91 Å². The molecule has 1 aromatic rings. The Labute approximate surface area is 130 Å². The van der Waals surface area contributed by atoms with Gasteiger partial charge in [-0.15, -0.1) is 0 Å². The first-order valence-electron chi connectivity index (χ1n) is 7.95. The van der Waals surface area contributed by atoms with E-state index in [2.05, 4.69) is 0 Å². The molecule has 3 heterocycles. The SMILES string of the molecule is O=C(CN(C[C@@H]1CCCO1)C(=O)c1ccoc1)N1CCCC1. The van der Waals surface area contributed by atoms with E-state index >= 15 is 0 Å². The number of ether oxygens (including phenoxy) is 1. The second kappa shape index (κ2) is 6.96. The quantitative estimate of drug-likeness (QED) is 0.827. The van der Waals surface area contributed by atoms with E-state index in [9.17, 15) is 9.59 Å². The normalized spacial score (nSPS) is 21.3. The molecule has 0 N–H and O–H groups in total. The fourth-order valence-corrected chi connectivity index (χ4v) is 3.05. The second-order valence-electron chi connectivity index (χ2n) is 5.92. The molecule has 0 aliphatic carbocycles. The van der Waals surface area contributed by atoms with E-state index in [4.69, 9.17) is 9.15 Å². The number of carbonyl (C=O) groups is 2. The zero-order valence-corrected chi connectivity index (χ0v) is 12.7. The van der Waals surface area contributed by atoms with Crippen LogP contribution in [-0.2, 0) is 9.53 Å². The van der Waals surface area contributed by atoms with Crippen molar-refractivity contribution in [3.63, 3.8) is 0 Å². The molecular formula is C16H22N2O4. The van der Waals surface area contributed by atoms with Crippen LogP contribution >= 0.6 is 0 Å². The molecule has 120 valence electrons. The molecule has 0 bridgehead atoms. The molecule has 3 rings (SSSR count). The summed E-state index contributed by atoms with van der Waals surface area (Å²) in [6.07, 6.45) is 6.97. The van der Waals surface area contributed by atoms with Gasteiger partial charge in [0.1, 0.15) is 12.8 Å². The van der Waals surface area contributed by atoms with Crippen LogP contribution in [0.25, 0.3) is 0 Å². The molecule has 2 amide bonds. The van der Waals surface area contributed by atoms with Crippen molar-refractivity contribution >= 4 is 11.8 Å². The Morgan fingerprint density at radius 2 is 2.09 bits per heavy atom. The second-order valence-corrected chi connectivity index (χ2v) is 5.92. The summed E-state index contributed by atoms with van der Waals surface area (Å²) in [6, 6.07) is 1.63. The molecule has 0 aromatic carbocycles. The van der Waals surface area contributed by atoms with Crippen LogP contribution in [0.5, 0.6) is 0 Å². The Bertz CT molecular complexity index is 502. The van der Waals surface area contributed by atoms with E-state index in [-0.39, 0.29) is 24.5 Å². The molecule has 22 heavy (non-hydrogen) atoms. The molecular weight excluding hydrogens is 284 g/mol. The average molecular weight is 306 g/mol. The van der Waals surface area contributed by atoms with Crippen LogP contribution < -0.4 is 0 Å². The standard InChI is InChI=1S/C16H22N2O4/c19-15(17-6-1-2-7-17)11-18(10-14-4-3-8-22-14)16(20)13-5-9-21-12-13/h5,9,12,14H,1-4,6-8,10-11H2/t14-/m0/s1.